The molecule has 1 aliphatic rings. The highest BCUT2D eigenvalue weighted by Gasteiger charge is 2.33. The number of anilines is 1. The van der Waals surface area contributed by atoms with E-state index in [1.165, 1.54) is 0 Å². The van der Waals surface area contributed by atoms with Crippen LogP contribution in [-0.2, 0) is 4.74 Å². The third-order valence-electron chi connectivity index (χ3n) is 5.36. The van der Waals surface area contributed by atoms with Gasteiger partial charge in [-0.2, -0.15) is 4.99 Å². The maximum absolute atomic E-state index is 6.38. The average Bonchev–Trinajstić information content (AvgIpc) is 3.27. The molecule has 0 aliphatic carbocycles. The Morgan fingerprint density at radius 3 is 2.58 bits per heavy atom. The first-order valence-electron chi connectivity index (χ1n) is 10.9. The summed E-state index contributed by atoms with van der Waals surface area (Å²) >= 11 is 0. The van der Waals surface area contributed by atoms with Gasteiger partial charge in [0, 0.05) is 35.8 Å². The van der Waals surface area contributed by atoms with Gasteiger partial charge in [-0.05, 0) is 48.9 Å². The summed E-state index contributed by atoms with van der Waals surface area (Å²) in [5.41, 5.74) is 2.99. The van der Waals surface area contributed by atoms with Crippen LogP contribution in [0.15, 0.2) is 53.7 Å². The molecule has 1 aliphatic heterocycles. The lowest BCUT2D eigenvalue weighted by Crippen LogP contribution is -2.50. The fourth-order valence-corrected chi connectivity index (χ4v) is 3.77. The maximum Gasteiger partial charge on any atom is 0.311 e. The van der Waals surface area contributed by atoms with Crippen molar-refractivity contribution in [2.75, 3.05) is 31.8 Å². The predicted octanol–water partition coefficient (Wildman–Crippen LogP) is 5.11. The Kier molecular flexibility index (Phi) is 6.32. The molecule has 0 bridgehead atoms. The Bertz CT molecular complexity index is 1060. The molecule has 4 rings (SSSR count). The number of hydrogen-bond acceptors (Lipinski definition) is 6. The van der Waals surface area contributed by atoms with Gasteiger partial charge in [-0.25, -0.2) is 10.0 Å². The SMILES string of the molecule is CCCOC1=NC(Oc2ccc3[nH]ccc3c2)c2cc(OC)ccc2N1N(CC)CC. The molecule has 3 aromatic rings. The van der Waals surface area contributed by atoms with E-state index in [0.29, 0.717) is 12.6 Å². The number of hydrogen-bond donors (Lipinski definition) is 1. The van der Waals surface area contributed by atoms with Gasteiger partial charge >= 0.3 is 6.02 Å². The molecule has 0 spiro atoms. The van der Waals surface area contributed by atoms with Gasteiger partial charge in [-0.15, -0.1) is 0 Å². The highest BCUT2D eigenvalue weighted by molar-refractivity contribution is 5.94. The zero-order valence-corrected chi connectivity index (χ0v) is 18.6. The first-order chi connectivity index (χ1) is 15.2. The van der Waals surface area contributed by atoms with E-state index in [-0.39, 0.29) is 0 Å². The van der Waals surface area contributed by atoms with Crippen molar-refractivity contribution in [1.29, 1.82) is 0 Å². The van der Waals surface area contributed by atoms with Crippen LogP contribution in [0.3, 0.4) is 0 Å². The van der Waals surface area contributed by atoms with Gasteiger partial charge in [-0.3, -0.25) is 0 Å². The molecule has 1 N–H and O–H groups in total. The van der Waals surface area contributed by atoms with Crippen LogP contribution >= 0.6 is 0 Å². The fourth-order valence-electron chi connectivity index (χ4n) is 3.77. The van der Waals surface area contributed by atoms with Crippen LogP contribution in [0.2, 0.25) is 0 Å². The number of aromatic nitrogens is 1. The third kappa shape index (κ3) is 4.18. The monoisotopic (exact) mass is 422 g/mol. The number of amidine groups is 1. The molecular formula is C24H30N4O3. The molecule has 1 unspecified atom stereocenters. The van der Waals surface area contributed by atoms with Crippen molar-refractivity contribution in [3.8, 4) is 11.5 Å². The first kappa shape index (κ1) is 21.1. The summed E-state index contributed by atoms with van der Waals surface area (Å²) in [6.45, 7) is 8.57. The minimum Gasteiger partial charge on any atom is -0.497 e. The van der Waals surface area contributed by atoms with E-state index in [9.17, 15) is 0 Å². The number of methoxy groups -OCH3 is 1. The van der Waals surface area contributed by atoms with E-state index in [0.717, 1.165) is 53.2 Å². The molecule has 31 heavy (non-hydrogen) atoms. The van der Waals surface area contributed by atoms with E-state index < -0.39 is 6.23 Å². The summed E-state index contributed by atoms with van der Waals surface area (Å²) < 4.78 is 18.0. The molecule has 7 nitrogen and oxygen atoms in total. The normalized spacial score (nSPS) is 15.7. The third-order valence-corrected chi connectivity index (χ3v) is 5.36. The zero-order chi connectivity index (χ0) is 21.8. The average molecular weight is 423 g/mol. The second kappa shape index (κ2) is 9.31. The molecular weight excluding hydrogens is 392 g/mol. The minimum absolute atomic E-state index is 0.542. The summed E-state index contributed by atoms with van der Waals surface area (Å²) in [6, 6.07) is 14.6. The number of ether oxygens (including phenoxy) is 3. The molecule has 0 fully saturated rings. The maximum atomic E-state index is 6.38. The Hall–Kier alpha value is -3.19. The second-order valence-corrected chi connectivity index (χ2v) is 7.33. The Morgan fingerprint density at radius 2 is 1.84 bits per heavy atom. The van der Waals surface area contributed by atoms with Crippen LogP contribution in [0.4, 0.5) is 5.69 Å². The number of aliphatic imine (C=N–C) groups is 1. The lowest BCUT2D eigenvalue weighted by Gasteiger charge is -2.39. The molecule has 1 atom stereocenters. The Balaban J connectivity index is 1.77. The molecule has 2 aromatic carbocycles. The van der Waals surface area contributed by atoms with Gasteiger partial charge in [0.15, 0.2) is 0 Å². The molecule has 1 aromatic heterocycles. The van der Waals surface area contributed by atoms with Crippen molar-refractivity contribution in [3.63, 3.8) is 0 Å². The van der Waals surface area contributed by atoms with E-state index in [4.69, 9.17) is 19.2 Å². The van der Waals surface area contributed by atoms with Crippen molar-refractivity contribution in [2.45, 2.75) is 33.4 Å². The molecule has 2 heterocycles. The van der Waals surface area contributed by atoms with Crippen LogP contribution in [0.5, 0.6) is 11.5 Å². The summed E-state index contributed by atoms with van der Waals surface area (Å²) in [5.74, 6) is 1.52. The number of aromatic amines is 1. The van der Waals surface area contributed by atoms with E-state index in [1.54, 1.807) is 7.11 Å². The number of H-pyrrole nitrogens is 1. The molecule has 0 saturated heterocycles. The van der Waals surface area contributed by atoms with Crippen LogP contribution in [0.25, 0.3) is 10.9 Å². The molecule has 0 saturated carbocycles. The number of nitrogens with zero attached hydrogens (tertiary/aromatic N) is 3. The van der Waals surface area contributed by atoms with Crippen molar-refractivity contribution in [1.82, 2.24) is 9.99 Å². The summed E-state index contributed by atoms with van der Waals surface area (Å²) in [7, 11) is 1.67. The summed E-state index contributed by atoms with van der Waals surface area (Å²) in [4.78, 5) is 8.10. The lowest BCUT2D eigenvalue weighted by atomic mass is 10.1. The summed E-state index contributed by atoms with van der Waals surface area (Å²) in [5, 5.41) is 5.34. The van der Waals surface area contributed by atoms with Gasteiger partial charge < -0.3 is 19.2 Å². The van der Waals surface area contributed by atoms with Crippen molar-refractivity contribution in [2.24, 2.45) is 4.99 Å². The van der Waals surface area contributed by atoms with Gasteiger partial charge in [0.1, 0.15) is 11.5 Å². The number of nitrogens with one attached hydrogen (secondary N) is 1. The van der Waals surface area contributed by atoms with Crippen LogP contribution in [-0.4, -0.2) is 42.8 Å². The van der Waals surface area contributed by atoms with E-state index >= 15 is 0 Å². The zero-order valence-electron chi connectivity index (χ0n) is 18.6. The van der Waals surface area contributed by atoms with Gasteiger partial charge in [0.2, 0.25) is 6.23 Å². The molecule has 0 radical (unpaired) electrons. The largest absolute Gasteiger partial charge is 0.497 e. The fraction of sp³-hybridized carbons (Fsp3) is 0.375. The second-order valence-electron chi connectivity index (χ2n) is 7.33. The Morgan fingerprint density at radius 1 is 1.03 bits per heavy atom. The van der Waals surface area contributed by atoms with E-state index in [1.807, 2.05) is 48.7 Å². The predicted molar refractivity (Wildman–Crippen MR) is 124 cm³/mol. The number of hydrazine groups is 1. The number of rotatable bonds is 8. The van der Waals surface area contributed by atoms with Gasteiger partial charge in [0.25, 0.3) is 0 Å². The molecule has 164 valence electrons. The highest BCUT2D eigenvalue weighted by atomic mass is 16.5. The van der Waals surface area contributed by atoms with Crippen molar-refractivity contribution in [3.05, 3.63) is 54.2 Å². The first-order valence-corrected chi connectivity index (χ1v) is 10.9. The lowest BCUT2D eigenvalue weighted by molar-refractivity contribution is 0.186. The van der Waals surface area contributed by atoms with Crippen molar-refractivity contribution < 1.29 is 14.2 Å². The van der Waals surface area contributed by atoms with Crippen LogP contribution < -0.4 is 14.5 Å². The minimum atomic E-state index is -0.542. The molecule has 0 amide bonds. The van der Waals surface area contributed by atoms with Crippen molar-refractivity contribution >= 4 is 22.6 Å². The van der Waals surface area contributed by atoms with Crippen LogP contribution in [0, 0.1) is 0 Å². The Labute approximate surface area is 183 Å². The van der Waals surface area contributed by atoms with Crippen LogP contribution in [0.1, 0.15) is 39.0 Å². The smallest absolute Gasteiger partial charge is 0.311 e. The quantitative estimate of drug-likeness (QED) is 0.546. The molecule has 7 heteroatoms. The van der Waals surface area contributed by atoms with Gasteiger partial charge in [-0.1, -0.05) is 20.8 Å². The number of benzene rings is 2. The number of fused-ring (bicyclic) bond motifs is 2. The topological polar surface area (TPSA) is 62.3 Å². The summed E-state index contributed by atoms with van der Waals surface area (Å²) in [6.07, 6.45) is 2.28. The van der Waals surface area contributed by atoms with Gasteiger partial charge in [0.05, 0.1) is 19.4 Å². The highest BCUT2D eigenvalue weighted by Crippen LogP contribution is 2.39. The standard InChI is InChI=1S/C24H30N4O3/c1-5-14-30-24-26-23(31-19-8-10-21-17(15-19)12-13-25-21)20-16-18(29-4)9-11-22(20)28(24)27(6-2)7-3/h8-13,15-16,23,25H,5-7,14H2,1-4H3. The van der Waals surface area contributed by atoms with E-state index in [2.05, 4.69) is 35.8 Å².